The third-order valence-electron chi connectivity index (χ3n) is 2.58. The minimum absolute atomic E-state index is 0.563. The largest absolute Gasteiger partial charge is 0.380 e. The molecule has 0 radical (unpaired) electrons. The lowest BCUT2D eigenvalue weighted by Gasteiger charge is -2.04. The maximum absolute atomic E-state index is 9.51. The van der Waals surface area contributed by atoms with Crippen LogP contribution in [0.2, 0.25) is 0 Å². The van der Waals surface area contributed by atoms with Gasteiger partial charge in [-0.25, -0.2) is 0 Å². The van der Waals surface area contributed by atoms with Gasteiger partial charge in [0, 0.05) is 0 Å². The molecule has 0 aliphatic heterocycles. The summed E-state index contributed by atoms with van der Waals surface area (Å²) < 4.78 is 0. The van der Waals surface area contributed by atoms with Gasteiger partial charge in [-0.15, -0.1) is 0 Å². The van der Waals surface area contributed by atoms with Crippen LogP contribution in [0.4, 0.5) is 0 Å². The maximum atomic E-state index is 9.51. The number of rotatable bonds is 8. The third kappa shape index (κ3) is 10.0. The molecule has 0 rings (SSSR count). The second-order valence-corrected chi connectivity index (χ2v) is 4.31. The summed E-state index contributed by atoms with van der Waals surface area (Å²) in [7, 11) is 0. The predicted molar refractivity (Wildman–Crippen MR) is 68.1 cm³/mol. The van der Waals surface area contributed by atoms with E-state index in [1.54, 1.807) is 0 Å². The van der Waals surface area contributed by atoms with Crippen molar-refractivity contribution in [3.8, 4) is 11.8 Å². The molecule has 0 saturated heterocycles. The molecule has 16 heavy (non-hydrogen) atoms. The number of hydrogen-bond acceptors (Lipinski definition) is 2. The molecule has 0 aromatic rings. The van der Waals surface area contributed by atoms with Crippen molar-refractivity contribution in [1.82, 2.24) is 0 Å². The van der Waals surface area contributed by atoms with Crippen LogP contribution in [0.1, 0.15) is 65.2 Å². The predicted octanol–water partition coefficient (Wildman–Crippen LogP) is 2.87. The molecule has 0 heterocycles. The number of aliphatic hydroxyl groups excluding tert-OH is 2. The van der Waals surface area contributed by atoms with Crippen molar-refractivity contribution in [2.45, 2.75) is 77.4 Å². The summed E-state index contributed by atoms with van der Waals surface area (Å²) >= 11 is 0. The Morgan fingerprint density at radius 3 is 1.44 bits per heavy atom. The van der Waals surface area contributed by atoms with Crippen LogP contribution in [0.15, 0.2) is 0 Å². The van der Waals surface area contributed by atoms with Crippen molar-refractivity contribution in [3.05, 3.63) is 0 Å². The molecule has 2 atom stereocenters. The first kappa shape index (κ1) is 15.5. The van der Waals surface area contributed by atoms with Gasteiger partial charge in [0.1, 0.15) is 12.2 Å². The van der Waals surface area contributed by atoms with E-state index in [1.807, 2.05) is 0 Å². The summed E-state index contributed by atoms with van der Waals surface area (Å²) in [5, 5.41) is 19.0. The average molecular weight is 226 g/mol. The number of hydrogen-bond donors (Lipinski definition) is 2. The van der Waals surface area contributed by atoms with Gasteiger partial charge in [-0.05, 0) is 25.7 Å². The standard InChI is InChI=1S/C14H26O2/c1-3-5-7-9-13(15)11-12-14(16)10-8-6-4-2/h13-16H,3-10H2,1-2H3/t13-,14+. The Kier molecular flexibility index (Phi) is 10.6. The summed E-state index contributed by atoms with van der Waals surface area (Å²) in [6, 6.07) is 0. The van der Waals surface area contributed by atoms with E-state index in [-0.39, 0.29) is 0 Å². The Balaban J connectivity index is 3.62. The first-order valence-electron chi connectivity index (χ1n) is 6.57. The van der Waals surface area contributed by atoms with Crippen molar-refractivity contribution in [2.75, 3.05) is 0 Å². The minimum atomic E-state index is -0.563. The molecule has 0 aliphatic rings. The van der Waals surface area contributed by atoms with Crippen molar-refractivity contribution in [2.24, 2.45) is 0 Å². The average Bonchev–Trinajstić information content (AvgIpc) is 2.27. The summed E-state index contributed by atoms with van der Waals surface area (Å²) in [5.41, 5.74) is 0. The van der Waals surface area contributed by atoms with Crippen LogP contribution in [0.5, 0.6) is 0 Å². The monoisotopic (exact) mass is 226 g/mol. The molecule has 2 heteroatoms. The molecule has 0 saturated carbocycles. The zero-order valence-corrected chi connectivity index (χ0v) is 10.7. The normalized spacial score (nSPS) is 14.0. The van der Waals surface area contributed by atoms with Crippen LogP contribution in [-0.4, -0.2) is 22.4 Å². The fourth-order valence-corrected chi connectivity index (χ4v) is 1.51. The van der Waals surface area contributed by atoms with E-state index < -0.39 is 12.2 Å². The van der Waals surface area contributed by atoms with Gasteiger partial charge >= 0.3 is 0 Å². The lowest BCUT2D eigenvalue weighted by atomic mass is 10.1. The first-order chi connectivity index (χ1) is 7.70. The van der Waals surface area contributed by atoms with E-state index in [0.29, 0.717) is 0 Å². The van der Waals surface area contributed by atoms with E-state index in [0.717, 1.165) is 51.4 Å². The van der Waals surface area contributed by atoms with Gasteiger partial charge in [-0.1, -0.05) is 51.4 Å². The van der Waals surface area contributed by atoms with E-state index in [2.05, 4.69) is 25.7 Å². The molecule has 0 aromatic heterocycles. The van der Waals surface area contributed by atoms with Gasteiger partial charge < -0.3 is 10.2 Å². The Hall–Kier alpha value is -0.520. The minimum Gasteiger partial charge on any atom is -0.380 e. The molecule has 2 nitrogen and oxygen atoms in total. The highest BCUT2D eigenvalue weighted by Gasteiger charge is 2.01. The van der Waals surface area contributed by atoms with Gasteiger partial charge in [0.15, 0.2) is 0 Å². The summed E-state index contributed by atoms with van der Waals surface area (Å²) in [4.78, 5) is 0. The molecule has 0 aliphatic carbocycles. The Labute approximate surface area is 100 Å². The Morgan fingerprint density at radius 2 is 1.12 bits per heavy atom. The maximum Gasteiger partial charge on any atom is 0.114 e. The van der Waals surface area contributed by atoms with Crippen molar-refractivity contribution < 1.29 is 10.2 Å². The Bertz CT molecular complexity index is 183. The molecule has 2 N–H and O–H groups in total. The van der Waals surface area contributed by atoms with Crippen LogP contribution in [-0.2, 0) is 0 Å². The van der Waals surface area contributed by atoms with Gasteiger partial charge in [0.05, 0.1) is 0 Å². The second-order valence-electron chi connectivity index (χ2n) is 4.31. The fraction of sp³-hybridized carbons (Fsp3) is 0.857. The SMILES string of the molecule is CCCCC[C@H](O)C#C[C@H](O)CCCCC. The molecule has 0 amide bonds. The van der Waals surface area contributed by atoms with Crippen molar-refractivity contribution in [1.29, 1.82) is 0 Å². The lowest BCUT2D eigenvalue weighted by molar-refractivity contribution is 0.207. The van der Waals surface area contributed by atoms with Crippen molar-refractivity contribution in [3.63, 3.8) is 0 Å². The molecule has 94 valence electrons. The molecular formula is C14H26O2. The van der Waals surface area contributed by atoms with Crippen LogP contribution in [0.3, 0.4) is 0 Å². The lowest BCUT2D eigenvalue weighted by Crippen LogP contribution is -2.07. The highest BCUT2D eigenvalue weighted by molar-refractivity contribution is 5.08. The summed E-state index contributed by atoms with van der Waals surface area (Å²) in [6.45, 7) is 4.27. The van der Waals surface area contributed by atoms with Gasteiger partial charge in [-0.2, -0.15) is 0 Å². The van der Waals surface area contributed by atoms with Crippen molar-refractivity contribution >= 4 is 0 Å². The Morgan fingerprint density at radius 1 is 0.750 bits per heavy atom. The smallest absolute Gasteiger partial charge is 0.114 e. The molecule has 0 fully saturated rings. The van der Waals surface area contributed by atoms with E-state index in [1.165, 1.54) is 0 Å². The van der Waals surface area contributed by atoms with Gasteiger partial charge in [0.25, 0.3) is 0 Å². The van der Waals surface area contributed by atoms with Crippen LogP contribution in [0.25, 0.3) is 0 Å². The topological polar surface area (TPSA) is 40.5 Å². The highest BCUT2D eigenvalue weighted by Crippen LogP contribution is 2.04. The van der Waals surface area contributed by atoms with Crippen LogP contribution >= 0.6 is 0 Å². The van der Waals surface area contributed by atoms with Gasteiger partial charge in [-0.3, -0.25) is 0 Å². The number of unbranched alkanes of at least 4 members (excludes halogenated alkanes) is 4. The van der Waals surface area contributed by atoms with E-state index >= 15 is 0 Å². The van der Waals surface area contributed by atoms with Gasteiger partial charge in [0.2, 0.25) is 0 Å². The summed E-state index contributed by atoms with van der Waals surface area (Å²) in [6.07, 6.45) is 6.93. The molecule has 0 spiro atoms. The molecule has 0 unspecified atom stereocenters. The second kappa shape index (κ2) is 11.0. The molecular weight excluding hydrogens is 200 g/mol. The van der Waals surface area contributed by atoms with Crippen LogP contribution < -0.4 is 0 Å². The zero-order valence-electron chi connectivity index (χ0n) is 10.7. The van der Waals surface area contributed by atoms with Crippen LogP contribution in [0, 0.1) is 11.8 Å². The summed E-state index contributed by atoms with van der Waals surface area (Å²) in [5.74, 6) is 5.45. The number of aliphatic hydroxyl groups is 2. The quantitative estimate of drug-likeness (QED) is 0.493. The molecule has 0 bridgehead atoms. The third-order valence-corrected chi connectivity index (χ3v) is 2.58. The first-order valence-corrected chi connectivity index (χ1v) is 6.57. The fourth-order valence-electron chi connectivity index (χ4n) is 1.51. The zero-order chi connectivity index (χ0) is 12.2. The van der Waals surface area contributed by atoms with E-state index in [9.17, 15) is 10.2 Å². The van der Waals surface area contributed by atoms with E-state index in [4.69, 9.17) is 0 Å². The molecule has 0 aromatic carbocycles. The highest BCUT2D eigenvalue weighted by atomic mass is 16.3.